The number of aryl methyl sites for hydroxylation is 1. The Morgan fingerprint density at radius 2 is 1.88 bits per heavy atom. The molecule has 1 atom stereocenters. The third-order valence-electron chi connectivity index (χ3n) is 4.11. The maximum atomic E-state index is 12.4. The summed E-state index contributed by atoms with van der Waals surface area (Å²) in [6.07, 6.45) is 1.69. The number of furan rings is 1. The van der Waals surface area contributed by atoms with Gasteiger partial charge < -0.3 is 14.3 Å². The van der Waals surface area contributed by atoms with Crippen LogP contribution in [0.3, 0.4) is 0 Å². The number of amides is 1. The minimum absolute atomic E-state index is 0.113. The van der Waals surface area contributed by atoms with Crippen molar-refractivity contribution in [1.29, 1.82) is 0 Å². The summed E-state index contributed by atoms with van der Waals surface area (Å²) in [4.78, 5) is 24.1. The van der Waals surface area contributed by atoms with Crippen molar-refractivity contribution >= 4 is 5.91 Å². The molecule has 0 saturated carbocycles. The zero-order valence-corrected chi connectivity index (χ0v) is 14.2. The monoisotopic (exact) mass is 336 g/mol. The highest BCUT2D eigenvalue weighted by atomic mass is 16.4. The Labute approximate surface area is 145 Å². The highest BCUT2D eigenvalue weighted by Gasteiger charge is 2.16. The minimum Gasteiger partial charge on any atom is -0.454 e. The number of carbonyl (C=O) groups excluding carboxylic acids is 1. The number of hydrogen-bond acceptors (Lipinski definition) is 3. The largest absolute Gasteiger partial charge is 0.454 e. The summed E-state index contributed by atoms with van der Waals surface area (Å²) in [5.41, 5.74) is 2.08. The van der Waals surface area contributed by atoms with Crippen LogP contribution in [0.4, 0.5) is 0 Å². The van der Waals surface area contributed by atoms with Crippen molar-refractivity contribution < 1.29 is 9.21 Å². The van der Waals surface area contributed by atoms with Crippen molar-refractivity contribution in [3.05, 3.63) is 93.8 Å². The fourth-order valence-corrected chi connectivity index (χ4v) is 2.76. The van der Waals surface area contributed by atoms with Gasteiger partial charge in [0.2, 0.25) is 0 Å². The fourth-order valence-electron chi connectivity index (χ4n) is 2.76. The molecule has 25 heavy (non-hydrogen) atoms. The minimum atomic E-state index is -0.276. The van der Waals surface area contributed by atoms with Gasteiger partial charge in [-0.3, -0.25) is 9.59 Å². The van der Waals surface area contributed by atoms with Crippen molar-refractivity contribution in [2.24, 2.45) is 0 Å². The Balaban J connectivity index is 1.70. The lowest BCUT2D eigenvalue weighted by molar-refractivity contribution is 0.0910. The van der Waals surface area contributed by atoms with Crippen molar-refractivity contribution in [1.82, 2.24) is 9.88 Å². The molecule has 0 aliphatic heterocycles. The molecule has 0 fully saturated rings. The molecular weight excluding hydrogens is 316 g/mol. The van der Waals surface area contributed by atoms with Crippen molar-refractivity contribution in [2.75, 3.05) is 0 Å². The number of carbonyl (C=O) groups is 1. The van der Waals surface area contributed by atoms with Crippen LogP contribution in [0.15, 0.2) is 70.0 Å². The number of pyridine rings is 1. The van der Waals surface area contributed by atoms with E-state index in [1.54, 1.807) is 30.5 Å². The number of rotatable bonds is 5. The van der Waals surface area contributed by atoms with Crippen LogP contribution in [-0.4, -0.2) is 10.5 Å². The van der Waals surface area contributed by atoms with Crippen LogP contribution in [0, 0.1) is 6.92 Å². The molecule has 5 nitrogen and oxygen atoms in total. The van der Waals surface area contributed by atoms with Gasteiger partial charge in [0.15, 0.2) is 5.76 Å². The van der Waals surface area contributed by atoms with E-state index in [0.717, 1.165) is 11.1 Å². The van der Waals surface area contributed by atoms with E-state index in [0.29, 0.717) is 12.3 Å². The number of benzene rings is 1. The van der Waals surface area contributed by atoms with Gasteiger partial charge >= 0.3 is 0 Å². The lowest BCUT2D eigenvalue weighted by Crippen LogP contribution is -2.26. The van der Waals surface area contributed by atoms with Gasteiger partial charge in [-0.1, -0.05) is 30.3 Å². The summed E-state index contributed by atoms with van der Waals surface area (Å²) in [6, 6.07) is 16.1. The maximum absolute atomic E-state index is 12.4. The molecule has 3 rings (SSSR count). The van der Waals surface area contributed by atoms with Gasteiger partial charge in [0.05, 0.1) is 12.6 Å². The quantitative estimate of drug-likeness (QED) is 0.777. The summed E-state index contributed by atoms with van der Waals surface area (Å²) in [5.74, 6) is 0.517. The van der Waals surface area contributed by atoms with E-state index in [2.05, 4.69) is 5.32 Å². The molecule has 0 saturated heterocycles. The van der Waals surface area contributed by atoms with Crippen molar-refractivity contribution in [3.63, 3.8) is 0 Å². The highest BCUT2D eigenvalue weighted by Crippen LogP contribution is 2.18. The van der Waals surface area contributed by atoms with Crippen LogP contribution >= 0.6 is 0 Å². The third-order valence-corrected chi connectivity index (χ3v) is 4.11. The SMILES string of the molecule is Cc1ccccc1C(C)NC(=O)c1ccc(Cn2ccccc2=O)o1. The number of aromatic nitrogens is 1. The molecular formula is C20H20N2O3. The standard InChI is InChI=1S/C20H20N2O3/c1-14-7-3-4-8-17(14)15(2)21-20(24)18-11-10-16(25-18)13-22-12-6-5-9-19(22)23/h3-12,15H,13H2,1-2H3,(H,21,24). The number of hydrogen-bond donors (Lipinski definition) is 1. The molecule has 1 unspecified atom stereocenters. The van der Waals surface area contributed by atoms with Crippen molar-refractivity contribution in [3.8, 4) is 0 Å². The zero-order valence-electron chi connectivity index (χ0n) is 14.2. The summed E-state index contributed by atoms with van der Waals surface area (Å²) in [6.45, 7) is 4.24. The normalized spacial score (nSPS) is 11.9. The Hall–Kier alpha value is -3.08. The second kappa shape index (κ2) is 7.21. The number of nitrogens with zero attached hydrogens (tertiary/aromatic N) is 1. The summed E-state index contributed by atoms with van der Waals surface area (Å²) < 4.78 is 7.12. The molecule has 0 spiro atoms. The van der Waals surface area contributed by atoms with E-state index in [1.807, 2.05) is 38.1 Å². The van der Waals surface area contributed by atoms with Crippen LogP contribution in [-0.2, 0) is 6.54 Å². The molecule has 5 heteroatoms. The first-order chi connectivity index (χ1) is 12.0. The fraction of sp³-hybridized carbons (Fsp3) is 0.200. The van der Waals surface area contributed by atoms with Crippen LogP contribution in [0.2, 0.25) is 0 Å². The van der Waals surface area contributed by atoms with E-state index < -0.39 is 0 Å². The van der Waals surface area contributed by atoms with Crippen LogP contribution in [0.1, 0.15) is 40.4 Å². The number of nitrogens with one attached hydrogen (secondary N) is 1. The Morgan fingerprint density at radius 1 is 1.12 bits per heavy atom. The van der Waals surface area contributed by atoms with Gasteiger partial charge in [0.25, 0.3) is 11.5 Å². The first kappa shape index (κ1) is 16.8. The lowest BCUT2D eigenvalue weighted by Gasteiger charge is -2.15. The molecule has 2 aromatic heterocycles. The molecule has 3 aromatic rings. The van der Waals surface area contributed by atoms with Gasteiger partial charge in [0.1, 0.15) is 5.76 Å². The summed E-state index contributed by atoms with van der Waals surface area (Å²) in [5, 5.41) is 2.94. The predicted octanol–water partition coefficient (Wildman–Crippen LogP) is 3.29. The molecule has 0 radical (unpaired) electrons. The molecule has 1 aromatic carbocycles. The lowest BCUT2D eigenvalue weighted by atomic mass is 10.0. The summed E-state index contributed by atoms with van der Waals surface area (Å²) >= 11 is 0. The van der Waals surface area contributed by atoms with Crippen molar-refractivity contribution in [2.45, 2.75) is 26.4 Å². The molecule has 2 heterocycles. The Bertz CT molecular complexity index is 940. The zero-order chi connectivity index (χ0) is 17.8. The first-order valence-electron chi connectivity index (χ1n) is 8.15. The first-order valence-corrected chi connectivity index (χ1v) is 8.15. The second-order valence-electron chi connectivity index (χ2n) is 5.98. The van der Waals surface area contributed by atoms with E-state index in [-0.39, 0.29) is 23.3 Å². The van der Waals surface area contributed by atoms with E-state index in [4.69, 9.17) is 4.42 Å². The maximum Gasteiger partial charge on any atom is 0.287 e. The topological polar surface area (TPSA) is 64.2 Å². The predicted molar refractivity (Wildman–Crippen MR) is 95.6 cm³/mol. The summed E-state index contributed by atoms with van der Waals surface area (Å²) in [7, 11) is 0. The molecule has 1 N–H and O–H groups in total. The molecule has 1 amide bonds. The second-order valence-corrected chi connectivity index (χ2v) is 5.98. The van der Waals surface area contributed by atoms with Gasteiger partial charge in [-0.15, -0.1) is 0 Å². The average molecular weight is 336 g/mol. The molecule has 128 valence electrons. The Morgan fingerprint density at radius 3 is 2.64 bits per heavy atom. The van der Waals surface area contributed by atoms with Gasteiger partial charge in [-0.25, -0.2) is 0 Å². The van der Waals surface area contributed by atoms with E-state index in [9.17, 15) is 9.59 Å². The highest BCUT2D eigenvalue weighted by molar-refractivity contribution is 5.91. The van der Waals surface area contributed by atoms with Gasteiger partial charge in [-0.2, -0.15) is 0 Å². The van der Waals surface area contributed by atoms with Gasteiger partial charge in [0, 0.05) is 12.3 Å². The molecule has 0 bridgehead atoms. The average Bonchev–Trinajstić information content (AvgIpc) is 3.06. The van der Waals surface area contributed by atoms with Crippen LogP contribution < -0.4 is 10.9 Å². The third kappa shape index (κ3) is 3.88. The van der Waals surface area contributed by atoms with E-state index in [1.165, 1.54) is 10.6 Å². The smallest absolute Gasteiger partial charge is 0.287 e. The molecule has 0 aliphatic rings. The van der Waals surface area contributed by atoms with E-state index >= 15 is 0 Å². The Kier molecular flexibility index (Phi) is 4.84. The molecule has 0 aliphatic carbocycles. The van der Waals surface area contributed by atoms with Crippen LogP contribution in [0.25, 0.3) is 0 Å². The van der Waals surface area contributed by atoms with Gasteiger partial charge in [-0.05, 0) is 43.2 Å². The van der Waals surface area contributed by atoms with Crippen LogP contribution in [0.5, 0.6) is 0 Å².